The third-order valence-corrected chi connectivity index (χ3v) is 2.71. The summed E-state index contributed by atoms with van der Waals surface area (Å²) < 4.78 is 18.5. The zero-order chi connectivity index (χ0) is 13.0. The lowest BCUT2D eigenvalue weighted by Gasteiger charge is -2.02. The maximum atomic E-state index is 13.4. The average Bonchev–Trinajstić information content (AvgIpc) is 2.81. The minimum Gasteiger partial charge on any atom is -0.339 e. The normalized spacial score (nSPS) is 12.6. The SMILES string of the molecule is CCCC(N)c1noc(Cc2ccccc2F)n1. The summed E-state index contributed by atoms with van der Waals surface area (Å²) in [5.41, 5.74) is 6.42. The largest absolute Gasteiger partial charge is 0.339 e. The van der Waals surface area contributed by atoms with E-state index in [2.05, 4.69) is 10.1 Å². The van der Waals surface area contributed by atoms with Gasteiger partial charge in [-0.1, -0.05) is 36.7 Å². The summed E-state index contributed by atoms with van der Waals surface area (Å²) in [6, 6.07) is 6.32. The van der Waals surface area contributed by atoms with Crippen LogP contribution in [0.15, 0.2) is 28.8 Å². The standard InChI is InChI=1S/C13H16FN3O/c1-2-5-11(15)13-16-12(18-17-13)8-9-6-3-4-7-10(9)14/h3-4,6-7,11H,2,5,8,15H2,1H3. The molecule has 1 atom stereocenters. The third-order valence-electron chi connectivity index (χ3n) is 2.71. The van der Waals surface area contributed by atoms with Crippen LogP contribution in [0.2, 0.25) is 0 Å². The first-order valence-corrected chi connectivity index (χ1v) is 6.02. The van der Waals surface area contributed by atoms with Crippen LogP contribution in [-0.2, 0) is 6.42 Å². The van der Waals surface area contributed by atoms with Crippen LogP contribution < -0.4 is 5.73 Å². The van der Waals surface area contributed by atoms with Gasteiger partial charge in [-0.15, -0.1) is 0 Å². The van der Waals surface area contributed by atoms with E-state index in [0.29, 0.717) is 23.7 Å². The van der Waals surface area contributed by atoms with E-state index < -0.39 is 0 Å². The first-order valence-electron chi connectivity index (χ1n) is 6.02. The monoisotopic (exact) mass is 249 g/mol. The molecule has 2 N–H and O–H groups in total. The molecule has 18 heavy (non-hydrogen) atoms. The fourth-order valence-electron chi connectivity index (χ4n) is 1.74. The van der Waals surface area contributed by atoms with E-state index in [1.54, 1.807) is 18.2 Å². The van der Waals surface area contributed by atoms with Crippen LogP contribution in [0, 0.1) is 5.82 Å². The molecule has 4 nitrogen and oxygen atoms in total. The molecule has 0 fully saturated rings. The number of aromatic nitrogens is 2. The van der Waals surface area contributed by atoms with Gasteiger partial charge in [0, 0.05) is 0 Å². The molecule has 1 aromatic heterocycles. The second-order valence-corrected chi connectivity index (χ2v) is 4.21. The molecule has 0 aliphatic heterocycles. The molecule has 5 heteroatoms. The Morgan fingerprint density at radius 2 is 2.17 bits per heavy atom. The van der Waals surface area contributed by atoms with Crippen LogP contribution >= 0.6 is 0 Å². The van der Waals surface area contributed by atoms with Crippen molar-refractivity contribution in [3.8, 4) is 0 Å². The Bertz CT molecular complexity index is 512. The second-order valence-electron chi connectivity index (χ2n) is 4.21. The van der Waals surface area contributed by atoms with Crippen molar-refractivity contribution in [1.29, 1.82) is 0 Å². The predicted molar refractivity (Wildman–Crippen MR) is 65.3 cm³/mol. The van der Waals surface area contributed by atoms with Crippen LogP contribution in [0.4, 0.5) is 4.39 Å². The van der Waals surface area contributed by atoms with Gasteiger partial charge in [0.05, 0.1) is 12.5 Å². The lowest BCUT2D eigenvalue weighted by molar-refractivity contribution is 0.373. The van der Waals surface area contributed by atoms with Crippen molar-refractivity contribution >= 4 is 0 Å². The lowest BCUT2D eigenvalue weighted by atomic mass is 10.1. The maximum absolute atomic E-state index is 13.4. The van der Waals surface area contributed by atoms with Crippen LogP contribution in [0.1, 0.15) is 43.1 Å². The number of benzene rings is 1. The highest BCUT2D eigenvalue weighted by atomic mass is 19.1. The maximum Gasteiger partial charge on any atom is 0.231 e. The molecule has 0 saturated carbocycles. The summed E-state index contributed by atoms with van der Waals surface area (Å²) in [5, 5.41) is 3.83. The van der Waals surface area contributed by atoms with Crippen molar-refractivity contribution in [2.45, 2.75) is 32.2 Å². The Hall–Kier alpha value is -1.75. The summed E-state index contributed by atoms with van der Waals surface area (Å²) in [4.78, 5) is 4.20. The van der Waals surface area contributed by atoms with Crippen molar-refractivity contribution in [3.05, 3.63) is 47.4 Å². The molecule has 1 heterocycles. The van der Waals surface area contributed by atoms with Crippen LogP contribution in [0.3, 0.4) is 0 Å². The molecule has 2 aromatic rings. The molecule has 0 radical (unpaired) electrons. The van der Waals surface area contributed by atoms with Gasteiger partial charge >= 0.3 is 0 Å². The Balaban J connectivity index is 2.09. The van der Waals surface area contributed by atoms with Gasteiger partial charge in [0.15, 0.2) is 5.82 Å². The van der Waals surface area contributed by atoms with Gasteiger partial charge in [0.2, 0.25) is 5.89 Å². The van der Waals surface area contributed by atoms with E-state index in [-0.39, 0.29) is 11.9 Å². The molecule has 0 bridgehead atoms. The van der Waals surface area contributed by atoms with Crippen LogP contribution in [-0.4, -0.2) is 10.1 Å². The van der Waals surface area contributed by atoms with E-state index in [4.69, 9.17) is 10.3 Å². The number of halogens is 1. The zero-order valence-corrected chi connectivity index (χ0v) is 10.3. The number of nitrogens with zero attached hydrogens (tertiary/aromatic N) is 2. The van der Waals surface area contributed by atoms with Gasteiger partial charge < -0.3 is 10.3 Å². The molecule has 2 rings (SSSR count). The first-order chi connectivity index (χ1) is 8.70. The smallest absolute Gasteiger partial charge is 0.231 e. The minimum absolute atomic E-state index is 0.215. The van der Waals surface area contributed by atoms with Crippen LogP contribution in [0.5, 0.6) is 0 Å². The Labute approximate surface area is 105 Å². The highest BCUT2D eigenvalue weighted by Gasteiger charge is 2.14. The predicted octanol–water partition coefficient (Wildman–Crippen LogP) is 2.60. The Morgan fingerprint density at radius 3 is 2.89 bits per heavy atom. The minimum atomic E-state index is -0.268. The molecular weight excluding hydrogens is 233 g/mol. The summed E-state index contributed by atoms with van der Waals surface area (Å²) in [6.07, 6.45) is 2.05. The van der Waals surface area contributed by atoms with E-state index in [0.717, 1.165) is 12.8 Å². The fraction of sp³-hybridized carbons (Fsp3) is 0.385. The summed E-state index contributed by atoms with van der Waals surface area (Å²) >= 11 is 0. The lowest BCUT2D eigenvalue weighted by Crippen LogP contribution is -2.11. The molecule has 1 aromatic carbocycles. The molecule has 0 spiro atoms. The van der Waals surface area contributed by atoms with E-state index in [9.17, 15) is 4.39 Å². The number of rotatable bonds is 5. The van der Waals surface area contributed by atoms with E-state index >= 15 is 0 Å². The topological polar surface area (TPSA) is 64.9 Å². The van der Waals surface area contributed by atoms with Gasteiger partial charge in [-0.3, -0.25) is 0 Å². The Kier molecular flexibility index (Phi) is 4.04. The fourth-order valence-corrected chi connectivity index (χ4v) is 1.74. The summed E-state index contributed by atoms with van der Waals surface area (Å²) in [5.74, 6) is 0.611. The second kappa shape index (κ2) is 5.73. The molecule has 0 aliphatic carbocycles. The third kappa shape index (κ3) is 2.92. The van der Waals surface area contributed by atoms with Gasteiger partial charge in [-0.05, 0) is 18.1 Å². The van der Waals surface area contributed by atoms with Crippen LogP contribution in [0.25, 0.3) is 0 Å². The van der Waals surface area contributed by atoms with Crippen molar-refractivity contribution in [2.24, 2.45) is 5.73 Å². The average molecular weight is 249 g/mol. The van der Waals surface area contributed by atoms with Gasteiger partial charge in [-0.25, -0.2) is 4.39 Å². The first kappa shape index (κ1) is 12.7. The molecule has 0 saturated heterocycles. The van der Waals surface area contributed by atoms with Gasteiger partial charge in [0.1, 0.15) is 5.82 Å². The number of hydrogen-bond acceptors (Lipinski definition) is 4. The molecule has 1 unspecified atom stereocenters. The van der Waals surface area contributed by atoms with Crippen molar-refractivity contribution in [1.82, 2.24) is 10.1 Å². The summed E-state index contributed by atoms with van der Waals surface area (Å²) in [7, 11) is 0. The van der Waals surface area contributed by atoms with Gasteiger partial charge in [0.25, 0.3) is 0 Å². The quantitative estimate of drug-likeness (QED) is 0.884. The van der Waals surface area contributed by atoms with E-state index in [1.807, 2.05) is 6.92 Å². The Morgan fingerprint density at radius 1 is 1.39 bits per heavy atom. The van der Waals surface area contributed by atoms with Crippen molar-refractivity contribution in [3.63, 3.8) is 0 Å². The van der Waals surface area contributed by atoms with Gasteiger partial charge in [-0.2, -0.15) is 4.98 Å². The molecule has 0 aliphatic rings. The number of hydrogen-bond donors (Lipinski definition) is 1. The van der Waals surface area contributed by atoms with Crippen molar-refractivity contribution in [2.75, 3.05) is 0 Å². The van der Waals surface area contributed by atoms with E-state index in [1.165, 1.54) is 6.07 Å². The number of nitrogens with two attached hydrogens (primary N) is 1. The molecular formula is C13H16FN3O. The molecule has 96 valence electrons. The molecule has 0 amide bonds. The zero-order valence-electron chi connectivity index (χ0n) is 10.3. The summed E-state index contributed by atoms with van der Waals surface area (Å²) in [6.45, 7) is 2.04. The van der Waals surface area contributed by atoms with Crippen molar-refractivity contribution < 1.29 is 8.91 Å². The highest BCUT2D eigenvalue weighted by molar-refractivity contribution is 5.20. The highest BCUT2D eigenvalue weighted by Crippen LogP contribution is 2.15.